The fourth-order valence-electron chi connectivity index (χ4n) is 6.84. The zero-order valence-corrected chi connectivity index (χ0v) is 18.6. The van der Waals surface area contributed by atoms with Crippen LogP contribution >= 0.6 is 0 Å². The Balaban J connectivity index is 1.85. The standard InChI is InChI=1S/C24H28O7/c1-12(25)30-14-9-22(2)7-6-8-23(22,3)18-17(14)24(4)15(11-28-5)31-21(27)13-10-29-20(16(13)24)19(18)26/h10,14-15H,6-9,11H2,1-5H3/t14-,15-,22+,23+,24+/m1/s1. The van der Waals surface area contributed by atoms with Gasteiger partial charge in [-0.3, -0.25) is 9.59 Å². The molecule has 0 amide bonds. The number of allylic oxidation sites excluding steroid dienone is 1. The fourth-order valence-corrected chi connectivity index (χ4v) is 6.84. The first-order valence-corrected chi connectivity index (χ1v) is 10.9. The third-order valence-corrected chi connectivity index (χ3v) is 8.56. The lowest BCUT2D eigenvalue weighted by Crippen LogP contribution is -2.58. The SMILES string of the molecule is COC[C@H]1OC(=O)c2coc3c2[C@@]1(C)C1=C(C3=O)[C@]2(C)CCC[C@@]2(C)C[C@H]1OC(C)=O. The third-order valence-electron chi connectivity index (χ3n) is 8.56. The number of methoxy groups -OCH3 is 1. The van der Waals surface area contributed by atoms with Crippen LogP contribution in [0.15, 0.2) is 21.8 Å². The monoisotopic (exact) mass is 428 g/mol. The van der Waals surface area contributed by atoms with E-state index in [1.807, 2.05) is 6.92 Å². The highest BCUT2D eigenvalue weighted by Crippen LogP contribution is 2.67. The number of fused-ring (bicyclic) bond motifs is 3. The van der Waals surface area contributed by atoms with Crippen LogP contribution in [0, 0.1) is 10.8 Å². The summed E-state index contributed by atoms with van der Waals surface area (Å²) in [4.78, 5) is 38.7. The van der Waals surface area contributed by atoms with E-state index in [1.54, 1.807) is 7.11 Å². The Labute approximate surface area is 181 Å². The molecule has 7 nitrogen and oxygen atoms in total. The number of carbonyl (C=O) groups is 3. The van der Waals surface area contributed by atoms with Crippen molar-refractivity contribution >= 4 is 17.7 Å². The van der Waals surface area contributed by atoms with Gasteiger partial charge in [0.15, 0.2) is 5.76 Å². The Kier molecular flexibility index (Phi) is 4.17. The maximum absolute atomic E-state index is 13.9. The van der Waals surface area contributed by atoms with E-state index >= 15 is 0 Å². The van der Waals surface area contributed by atoms with Crippen molar-refractivity contribution in [1.82, 2.24) is 0 Å². The van der Waals surface area contributed by atoms with Gasteiger partial charge in [-0.25, -0.2) is 4.79 Å². The molecule has 0 saturated heterocycles. The molecule has 0 bridgehead atoms. The lowest BCUT2D eigenvalue weighted by Gasteiger charge is -2.56. The average Bonchev–Trinajstić information content (AvgIpc) is 3.26. The van der Waals surface area contributed by atoms with E-state index in [-0.39, 0.29) is 34.5 Å². The first-order chi connectivity index (χ1) is 14.6. The summed E-state index contributed by atoms with van der Waals surface area (Å²) in [5, 5.41) is 0. The van der Waals surface area contributed by atoms with Gasteiger partial charge in [-0.1, -0.05) is 20.3 Å². The second-order valence-corrected chi connectivity index (χ2v) is 10.1. The third kappa shape index (κ3) is 2.35. The fraction of sp³-hybridized carbons (Fsp3) is 0.625. The van der Waals surface area contributed by atoms with Gasteiger partial charge >= 0.3 is 11.9 Å². The molecule has 0 N–H and O–H groups in total. The Bertz CT molecular complexity index is 1050. The van der Waals surface area contributed by atoms with Crippen LogP contribution in [0.3, 0.4) is 0 Å². The van der Waals surface area contributed by atoms with Crippen molar-refractivity contribution in [2.75, 3.05) is 13.7 Å². The lowest BCUT2D eigenvalue weighted by atomic mass is 9.49. The molecule has 0 aromatic carbocycles. The van der Waals surface area contributed by atoms with Crippen LogP contribution in [0.4, 0.5) is 0 Å². The second kappa shape index (κ2) is 6.31. The minimum Gasteiger partial charge on any atom is -0.460 e. The molecule has 1 aliphatic heterocycles. The molecule has 1 saturated carbocycles. The molecule has 0 unspecified atom stereocenters. The van der Waals surface area contributed by atoms with Gasteiger partial charge < -0.3 is 18.6 Å². The molecular weight excluding hydrogens is 400 g/mol. The molecule has 0 spiro atoms. The van der Waals surface area contributed by atoms with Crippen molar-refractivity contribution in [3.8, 4) is 0 Å². The number of hydrogen-bond donors (Lipinski definition) is 0. The van der Waals surface area contributed by atoms with Gasteiger partial charge in [0.25, 0.3) is 0 Å². The van der Waals surface area contributed by atoms with Crippen molar-refractivity contribution in [1.29, 1.82) is 0 Å². The Morgan fingerprint density at radius 2 is 1.97 bits per heavy atom. The van der Waals surface area contributed by atoms with Gasteiger partial charge in [0.05, 0.1) is 12.0 Å². The van der Waals surface area contributed by atoms with Gasteiger partial charge in [-0.2, -0.15) is 0 Å². The highest BCUT2D eigenvalue weighted by molar-refractivity contribution is 6.14. The van der Waals surface area contributed by atoms with E-state index in [4.69, 9.17) is 18.6 Å². The summed E-state index contributed by atoms with van der Waals surface area (Å²) in [7, 11) is 1.55. The molecule has 166 valence electrons. The topological polar surface area (TPSA) is 92.0 Å². The first kappa shape index (κ1) is 20.5. The summed E-state index contributed by atoms with van der Waals surface area (Å²) >= 11 is 0. The van der Waals surface area contributed by atoms with Crippen LogP contribution < -0.4 is 0 Å². The zero-order chi connectivity index (χ0) is 22.3. The molecule has 5 atom stereocenters. The molecule has 5 rings (SSSR count). The number of hydrogen-bond acceptors (Lipinski definition) is 7. The maximum atomic E-state index is 13.9. The van der Waals surface area contributed by atoms with Crippen molar-refractivity contribution < 1.29 is 33.0 Å². The predicted molar refractivity (Wildman–Crippen MR) is 109 cm³/mol. The van der Waals surface area contributed by atoms with E-state index in [9.17, 15) is 14.4 Å². The van der Waals surface area contributed by atoms with Crippen LogP contribution in [-0.2, 0) is 24.4 Å². The number of esters is 2. The zero-order valence-electron chi connectivity index (χ0n) is 18.6. The summed E-state index contributed by atoms with van der Waals surface area (Å²) in [6, 6.07) is 0. The minimum absolute atomic E-state index is 0.151. The predicted octanol–water partition coefficient (Wildman–Crippen LogP) is 3.75. The van der Waals surface area contributed by atoms with E-state index in [0.717, 1.165) is 24.8 Å². The second-order valence-electron chi connectivity index (χ2n) is 10.1. The number of rotatable bonds is 3. The van der Waals surface area contributed by atoms with Crippen LogP contribution in [0.1, 0.15) is 79.9 Å². The summed E-state index contributed by atoms with van der Waals surface area (Å²) in [5.41, 5.74) is 0.751. The van der Waals surface area contributed by atoms with Crippen LogP contribution in [0.5, 0.6) is 0 Å². The van der Waals surface area contributed by atoms with Crippen molar-refractivity contribution in [3.05, 3.63) is 34.3 Å². The largest absolute Gasteiger partial charge is 0.460 e. The van der Waals surface area contributed by atoms with Gasteiger partial charge in [-0.15, -0.1) is 0 Å². The molecule has 4 aliphatic rings. The molecule has 1 aromatic heterocycles. The summed E-state index contributed by atoms with van der Waals surface area (Å²) in [6.45, 7) is 7.83. The van der Waals surface area contributed by atoms with Crippen molar-refractivity contribution in [3.63, 3.8) is 0 Å². The molecule has 31 heavy (non-hydrogen) atoms. The molecule has 1 aromatic rings. The maximum Gasteiger partial charge on any atom is 0.342 e. The molecule has 0 radical (unpaired) electrons. The summed E-state index contributed by atoms with van der Waals surface area (Å²) in [5.74, 6) is -0.925. The highest BCUT2D eigenvalue weighted by Gasteiger charge is 2.66. The number of ketones is 1. The van der Waals surface area contributed by atoms with Crippen LogP contribution in [-0.4, -0.2) is 43.6 Å². The van der Waals surface area contributed by atoms with E-state index in [2.05, 4.69) is 13.8 Å². The van der Waals surface area contributed by atoms with Gasteiger partial charge in [0, 0.05) is 30.6 Å². The minimum atomic E-state index is -0.891. The normalized spacial score (nSPS) is 38.4. The average molecular weight is 428 g/mol. The van der Waals surface area contributed by atoms with E-state index < -0.39 is 29.6 Å². The van der Waals surface area contributed by atoms with E-state index in [0.29, 0.717) is 17.6 Å². The van der Waals surface area contributed by atoms with Gasteiger partial charge in [-0.05, 0) is 37.2 Å². The number of Topliss-reactive ketones (excluding diaryl/α,β-unsaturated/α-hetero) is 1. The van der Waals surface area contributed by atoms with Gasteiger partial charge in [0.2, 0.25) is 5.78 Å². The number of ether oxygens (including phenoxy) is 3. The molecule has 3 aliphatic carbocycles. The number of cyclic esters (lactones) is 1. The summed E-state index contributed by atoms with van der Waals surface area (Å²) < 4.78 is 22.8. The Hall–Kier alpha value is -2.41. The van der Waals surface area contributed by atoms with Crippen molar-refractivity contribution in [2.45, 2.75) is 71.0 Å². The van der Waals surface area contributed by atoms with Crippen molar-refractivity contribution in [2.24, 2.45) is 10.8 Å². The number of carbonyl (C=O) groups excluding carboxylic acids is 3. The van der Waals surface area contributed by atoms with Crippen LogP contribution in [0.25, 0.3) is 0 Å². The summed E-state index contributed by atoms with van der Waals surface area (Å²) in [6.07, 6.45) is 3.52. The lowest BCUT2D eigenvalue weighted by molar-refractivity contribution is -0.148. The molecule has 1 fully saturated rings. The number of furan rings is 1. The molecule has 2 heterocycles. The Morgan fingerprint density at radius 1 is 1.23 bits per heavy atom. The molecular formula is C24H28O7. The van der Waals surface area contributed by atoms with Crippen LogP contribution in [0.2, 0.25) is 0 Å². The van der Waals surface area contributed by atoms with E-state index in [1.165, 1.54) is 13.2 Å². The quantitative estimate of drug-likeness (QED) is 0.677. The smallest absolute Gasteiger partial charge is 0.342 e. The Morgan fingerprint density at radius 3 is 2.65 bits per heavy atom. The highest BCUT2D eigenvalue weighted by atomic mass is 16.6. The first-order valence-electron chi connectivity index (χ1n) is 10.9. The van der Waals surface area contributed by atoms with Gasteiger partial charge in [0.1, 0.15) is 24.0 Å². The molecule has 7 heteroatoms.